The summed E-state index contributed by atoms with van der Waals surface area (Å²) in [6.07, 6.45) is -4.21. The number of hydrogen-bond donors (Lipinski definition) is 4. The van der Waals surface area contributed by atoms with Crippen molar-refractivity contribution in [3.05, 3.63) is 0 Å². The van der Waals surface area contributed by atoms with Crippen molar-refractivity contribution in [1.29, 1.82) is 0 Å². The van der Waals surface area contributed by atoms with Gasteiger partial charge in [-0.1, -0.05) is 0 Å². The van der Waals surface area contributed by atoms with Gasteiger partial charge in [-0.05, 0) is 0 Å². The van der Waals surface area contributed by atoms with Crippen LogP contribution in [-0.4, -0.2) is 57.1 Å². The number of carbonyl (C=O) groups is 1. The summed E-state index contributed by atoms with van der Waals surface area (Å²) in [6.45, 7) is -0.652. The molecule has 4 N–H and O–H groups in total. The average molecular weight is 221 g/mol. The SMILES string of the molecule is O=C([O-])[C@@]1(O)C[C@@H](O)C[C@@H]([C@H](O)CO)O1. The Bertz CT molecular complexity index is 243. The predicted octanol–water partition coefficient (Wildman–Crippen LogP) is -3.68. The first-order chi connectivity index (χ1) is 6.89. The zero-order valence-corrected chi connectivity index (χ0v) is 7.87. The van der Waals surface area contributed by atoms with Crippen molar-refractivity contribution in [2.45, 2.75) is 36.9 Å². The third-order valence-corrected chi connectivity index (χ3v) is 2.30. The lowest BCUT2D eigenvalue weighted by Gasteiger charge is -2.41. The molecule has 0 aromatic heterocycles. The molecule has 15 heavy (non-hydrogen) atoms. The normalized spacial score (nSPS) is 38.7. The van der Waals surface area contributed by atoms with Gasteiger partial charge >= 0.3 is 0 Å². The lowest BCUT2D eigenvalue weighted by Crippen LogP contribution is -2.59. The van der Waals surface area contributed by atoms with Gasteiger partial charge in [-0.15, -0.1) is 0 Å². The van der Waals surface area contributed by atoms with Gasteiger partial charge in [-0.2, -0.15) is 0 Å². The van der Waals surface area contributed by atoms with Crippen LogP contribution >= 0.6 is 0 Å². The minimum atomic E-state index is -2.61. The van der Waals surface area contributed by atoms with E-state index < -0.39 is 43.1 Å². The molecule has 0 radical (unpaired) electrons. The number of ether oxygens (including phenoxy) is 1. The maximum Gasteiger partial charge on any atom is 0.209 e. The summed E-state index contributed by atoms with van der Waals surface area (Å²) < 4.78 is 4.68. The van der Waals surface area contributed by atoms with Crippen LogP contribution in [0.25, 0.3) is 0 Å². The Morgan fingerprint density at radius 3 is 2.73 bits per heavy atom. The molecule has 0 saturated carbocycles. The van der Waals surface area contributed by atoms with Crippen molar-refractivity contribution >= 4 is 5.97 Å². The molecule has 1 heterocycles. The average Bonchev–Trinajstić information content (AvgIpc) is 2.15. The molecule has 1 aliphatic rings. The van der Waals surface area contributed by atoms with Gasteiger partial charge in [0, 0.05) is 12.8 Å². The smallest absolute Gasteiger partial charge is 0.209 e. The van der Waals surface area contributed by atoms with Gasteiger partial charge in [0.15, 0.2) is 0 Å². The second-order valence-electron chi connectivity index (χ2n) is 3.57. The maximum atomic E-state index is 10.5. The van der Waals surface area contributed by atoms with Crippen LogP contribution in [0.1, 0.15) is 12.8 Å². The Hall–Kier alpha value is -0.730. The van der Waals surface area contributed by atoms with E-state index in [-0.39, 0.29) is 6.42 Å². The second kappa shape index (κ2) is 4.42. The maximum absolute atomic E-state index is 10.5. The van der Waals surface area contributed by atoms with Crippen molar-refractivity contribution in [2.24, 2.45) is 0 Å². The fourth-order valence-corrected chi connectivity index (χ4v) is 1.50. The summed E-state index contributed by atoms with van der Waals surface area (Å²) in [5.41, 5.74) is 0. The Labute approximate surface area is 85.5 Å². The number of carbonyl (C=O) groups excluding carboxylic acids is 1. The minimum absolute atomic E-state index is 0.0582. The highest BCUT2D eigenvalue weighted by Crippen LogP contribution is 2.28. The van der Waals surface area contributed by atoms with Crippen molar-refractivity contribution in [3.63, 3.8) is 0 Å². The molecule has 0 bridgehead atoms. The Balaban J connectivity index is 2.75. The molecule has 88 valence electrons. The van der Waals surface area contributed by atoms with Crippen LogP contribution in [0.4, 0.5) is 0 Å². The molecule has 1 aliphatic heterocycles. The second-order valence-corrected chi connectivity index (χ2v) is 3.57. The summed E-state index contributed by atoms with van der Waals surface area (Å²) >= 11 is 0. The molecule has 0 unspecified atom stereocenters. The van der Waals surface area contributed by atoms with E-state index in [1.54, 1.807) is 0 Å². The van der Waals surface area contributed by atoms with E-state index in [0.717, 1.165) is 0 Å². The van der Waals surface area contributed by atoms with E-state index in [9.17, 15) is 25.2 Å². The Morgan fingerprint density at radius 2 is 2.27 bits per heavy atom. The van der Waals surface area contributed by atoms with Crippen LogP contribution in [0.3, 0.4) is 0 Å². The topological polar surface area (TPSA) is 130 Å². The third kappa shape index (κ3) is 2.64. The molecular weight excluding hydrogens is 208 g/mol. The zero-order valence-electron chi connectivity index (χ0n) is 7.87. The van der Waals surface area contributed by atoms with Crippen molar-refractivity contribution in [3.8, 4) is 0 Å². The van der Waals surface area contributed by atoms with E-state index >= 15 is 0 Å². The van der Waals surface area contributed by atoms with Gasteiger partial charge in [-0.25, -0.2) is 0 Å². The molecular formula is C8H13O7-. The quantitative estimate of drug-likeness (QED) is 0.386. The van der Waals surface area contributed by atoms with Crippen molar-refractivity contribution in [1.82, 2.24) is 0 Å². The largest absolute Gasteiger partial charge is 0.544 e. The molecule has 1 saturated heterocycles. The molecule has 0 aromatic carbocycles. The molecule has 1 rings (SSSR count). The van der Waals surface area contributed by atoms with Gasteiger partial charge in [-0.3, -0.25) is 0 Å². The highest BCUT2D eigenvalue weighted by atomic mass is 16.7. The monoisotopic (exact) mass is 221 g/mol. The molecule has 0 aromatic rings. The summed E-state index contributed by atoms with van der Waals surface area (Å²) in [5, 5.41) is 47.0. The van der Waals surface area contributed by atoms with Crippen LogP contribution in [0.2, 0.25) is 0 Å². The van der Waals surface area contributed by atoms with E-state index in [1.807, 2.05) is 0 Å². The number of aliphatic hydroxyl groups excluding tert-OH is 3. The summed E-state index contributed by atoms with van der Waals surface area (Å²) in [4.78, 5) is 10.5. The third-order valence-electron chi connectivity index (χ3n) is 2.30. The van der Waals surface area contributed by atoms with Crippen LogP contribution in [-0.2, 0) is 9.53 Å². The number of hydrogen-bond acceptors (Lipinski definition) is 7. The summed E-state index contributed by atoms with van der Waals surface area (Å²) in [5.74, 6) is -4.49. The predicted molar refractivity (Wildman–Crippen MR) is 43.2 cm³/mol. The van der Waals surface area contributed by atoms with Crippen LogP contribution in [0.5, 0.6) is 0 Å². The van der Waals surface area contributed by atoms with Crippen molar-refractivity contribution in [2.75, 3.05) is 6.61 Å². The Kier molecular flexibility index (Phi) is 3.63. The fourth-order valence-electron chi connectivity index (χ4n) is 1.50. The molecule has 7 heteroatoms. The van der Waals surface area contributed by atoms with E-state index in [0.29, 0.717) is 0 Å². The first kappa shape index (κ1) is 12.3. The van der Waals surface area contributed by atoms with Crippen molar-refractivity contribution < 1.29 is 35.1 Å². The zero-order chi connectivity index (χ0) is 11.6. The number of carboxylic acid groups (broad SMARTS) is 1. The van der Waals surface area contributed by atoms with E-state index in [1.165, 1.54) is 0 Å². The van der Waals surface area contributed by atoms with Gasteiger partial charge in [0.1, 0.15) is 12.1 Å². The minimum Gasteiger partial charge on any atom is -0.544 e. The van der Waals surface area contributed by atoms with Crippen LogP contribution < -0.4 is 5.11 Å². The lowest BCUT2D eigenvalue weighted by molar-refractivity contribution is -0.370. The summed E-state index contributed by atoms with van der Waals surface area (Å²) in [7, 11) is 0. The molecule has 7 nitrogen and oxygen atoms in total. The van der Waals surface area contributed by atoms with Gasteiger partial charge in [0.05, 0.1) is 18.8 Å². The van der Waals surface area contributed by atoms with Gasteiger partial charge in [0.25, 0.3) is 0 Å². The highest BCUT2D eigenvalue weighted by Gasteiger charge is 2.43. The Morgan fingerprint density at radius 1 is 1.67 bits per heavy atom. The van der Waals surface area contributed by atoms with E-state index in [4.69, 9.17) is 5.11 Å². The molecule has 4 atom stereocenters. The molecule has 0 aliphatic carbocycles. The molecule has 0 amide bonds. The summed E-state index contributed by atoms with van der Waals surface area (Å²) in [6, 6.07) is 0. The van der Waals surface area contributed by atoms with Crippen LogP contribution in [0.15, 0.2) is 0 Å². The fraction of sp³-hybridized carbons (Fsp3) is 0.875. The van der Waals surface area contributed by atoms with E-state index in [2.05, 4.69) is 4.74 Å². The molecule has 0 spiro atoms. The standard InChI is InChI=1S/C8H14O7/c9-3-5(11)6-1-4(10)2-8(14,15-6)7(12)13/h4-6,9-11,14H,1-3H2,(H,12,13)/p-1/t4-,5+,6-,8+/m0/s1. The number of carboxylic acids is 1. The first-order valence-electron chi connectivity index (χ1n) is 4.47. The van der Waals surface area contributed by atoms with Gasteiger partial charge < -0.3 is 35.1 Å². The highest BCUT2D eigenvalue weighted by molar-refractivity contribution is 5.73. The van der Waals surface area contributed by atoms with Gasteiger partial charge in [0.2, 0.25) is 5.79 Å². The first-order valence-corrected chi connectivity index (χ1v) is 4.47. The molecule has 1 fully saturated rings. The number of rotatable bonds is 3. The number of aliphatic carboxylic acids is 1. The lowest BCUT2D eigenvalue weighted by atomic mass is 9.96. The van der Waals surface area contributed by atoms with Crippen LogP contribution in [0, 0.1) is 0 Å². The number of aliphatic hydroxyl groups is 4.